The molecular weight excluding hydrogens is 144 g/mol. The van der Waals surface area contributed by atoms with Crippen LogP contribution in [0.3, 0.4) is 0 Å². The third kappa shape index (κ3) is 2.10. The molecule has 0 heteroatoms. The molecule has 1 aliphatic carbocycles. The average molecular weight is 162 g/mol. The van der Waals surface area contributed by atoms with Crippen molar-refractivity contribution in [3.05, 3.63) is 36.0 Å². The first-order chi connectivity index (χ1) is 5.61. The Labute approximate surface area is 75.7 Å². The fourth-order valence-corrected chi connectivity index (χ4v) is 1.74. The maximum absolute atomic E-state index is 3.92. The van der Waals surface area contributed by atoms with Crippen molar-refractivity contribution >= 4 is 0 Å². The molecule has 0 heterocycles. The Bertz CT molecular complexity index is 230. The molecule has 0 spiro atoms. The first-order valence-corrected chi connectivity index (χ1v) is 4.65. The SMILES string of the molecule is C=C(C)/C=C1/C(C)C=CC[C@H]1C. The minimum atomic E-state index is 0.602. The van der Waals surface area contributed by atoms with Crippen molar-refractivity contribution in [3.8, 4) is 0 Å². The predicted molar refractivity (Wildman–Crippen MR) is 55.0 cm³/mol. The zero-order valence-corrected chi connectivity index (χ0v) is 8.30. The standard InChI is InChI=1S/C12H18/c1-9(2)8-12-10(3)6-5-7-11(12)4/h5-6,8,10-11H,1,7H2,2-4H3/b12-8-/t10?,11-/m1/s1. The van der Waals surface area contributed by atoms with Gasteiger partial charge in [-0.15, -0.1) is 0 Å². The molecule has 1 unspecified atom stereocenters. The van der Waals surface area contributed by atoms with E-state index in [0.717, 1.165) is 0 Å². The summed E-state index contributed by atoms with van der Waals surface area (Å²) in [6.45, 7) is 10.5. The zero-order valence-electron chi connectivity index (χ0n) is 8.30. The van der Waals surface area contributed by atoms with E-state index in [-0.39, 0.29) is 0 Å². The lowest BCUT2D eigenvalue weighted by Gasteiger charge is -2.23. The van der Waals surface area contributed by atoms with Gasteiger partial charge in [0.25, 0.3) is 0 Å². The van der Waals surface area contributed by atoms with Gasteiger partial charge in [0.2, 0.25) is 0 Å². The van der Waals surface area contributed by atoms with E-state index < -0.39 is 0 Å². The molecule has 0 N–H and O–H groups in total. The smallest absolute Gasteiger partial charge is 0.00457 e. The first-order valence-electron chi connectivity index (χ1n) is 4.65. The molecule has 0 bridgehead atoms. The van der Waals surface area contributed by atoms with Crippen LogP contribution in [0.1, 0.15) is 27.2 Å². The molecule has 0 saturated carbocycles. The highest BCUT2D eigenvalue weighted by atomic mass is 14.2. The van der Waals surface area contributed by atoms with E-state index in [2.05, 4.69) is 45.6 Å². The Kier molecular flexibility index (Phi) is 2.91. The highest BCUT2D eigenvalue weighted by Crippen LogP contribution is 2.29. The first kappa shape index (κ1) is 9.31. The summed E-state index contributed by atoms with van der Waals surface area (Å²) in [7, 11) is 0. The van der Waals surface area contributed by atoms with Crippen LogP contribution < -0.4 is 0 Å². The number of hydrogen-bond donors (Lipinski definition) is 0. The van der Waals surface area contributed by atoms with Crippen LogP contribution in [0.5, 0.6) is 0 Å². The van der Waals surface area contributed by atoms with Gasteiger partial charge >= 0.3 is 0 Å². The monoisotopic (exact) mass is 162 g/mol. The number of rotatable bonds is 1. The van der Waals surface area contributed by atoms with Gasteiger partial charge in [0, 0.05) is 0 Å². The second kappa shape index (κ2) is 3.75. The lowest BCUT2D eigenvalue weighted by atomic mass is 9.82. The molecule has 2 atom stereocenters. The fourth-order valence-electron chi connectivity index (χ4n) is 1.74. The molecule has 12 heavy (non-hydrogen) atoms. The second-order valence-corrected chi connectivity index (χ2v) is 3.84. The van der Waals surface area contributed by atoms with Crippen LogP contribution in [0.2, 0.25) is 0 Å². The Morgan fingerprint density at radius 1 is 1.58 bits per heavy atom. The molecule has 0 saturated heterocycles. The highest BCUT2D eigenvalue weighted by molar-refractivity contribution is 5.27. The summed E-state index contributed by atoms with van der Waals surface area (Å²) in [5.41, 5.74) is 2.70. The van der Waals surface area contributed by atoms with Crippen molar-refractivity contribution in [1.29, 1.82) is 0 Å². The zero-order chi connectivity index (χ0) is 9.14. The molecular formula is C12H18. The van der Waals surface area contributed by atoms with Crippen molar-refractivity contribution in [2.45, 2.75) is 27.2 Å². The average Bonchev–Trinajstić information content (AvgIpc) is 1.97. The summed E-state index contributed by atoms with van der Waals surface area (Å²) in [6, 6.07) is 0. The maximum atomic E-state index is 3.92. The molecule has 0 nitrogen and oxygen atoms in total. The van der Waals surface area contributed by atoms with E-state index in [0.29, 0.717) is 11.8 Å². The molecule has 0 aromatic rings. The summed E-state index contributed by atoms with van der Waals surface area (Å²) in [6.07, 6.45) is 7.99. The van der Waals surface area contributed by atoms with Crippen LogP contribution in [-0.2, 0) is 0 Å². The third-order valence-corrected chi connectivity index (χ3v) is 2.42. The maximum Gasteiger partial charge on any atom is -0.00457 e. The van der Waals surface area contributed by atoms with Crippen LogP contribution in [-0.4, -0.2) is 0 Å². The van der Waals surface area contributed by atoms with Gasteiger partial charge in [-0.1, -0.05) is 49.8 Å². The third-order valence-electron chi connectivity index (χ3n) is 2.42. The van der Waals surface area contributed by atoms with E-state index in [1.807, 2.05) is 0 Å². The summed E-state index contributed by atoms with van der Waals surface area (Å²) in [5, 5.41) is 0. The van der Waals surface area contributed by atoms with Gasteiger partial charge in [-0.25, -0.2) is 0 Å². The van der Waals surface area contributed by atoms with Crippen LogP contribution >= 0.6 is 0 Å². The molecule has 0 fully saturated rings. The molecule has 1 aliphatic rings. The van der Waals surface area contributed by atoms with Crippen LogP contribution in [0.25, 0.3) is 0 Å². The van der Waals surface area contributed by atoms with Gasteiger partial charge in [-0.2, -0.15) is 0 Å². The van der Waals surface area contributed by atoms with Crippen LogP contribution in [0.15, 0.2) is 36.0 Å². The van der Waals surface area contributed by atoms with Crippen molar-refractivity contribution < 1.29 is 0 Å². The molecule has 0 aromatic heterocycles. The van der Waals surface area contributed by atoms with Crippen molar-refractivity contribution in [3.63, 3.8) is 0 Å². The van der Waals surface area contributed by atoms with Crippen molar-refractivity contribution in [2.75, 3.05) is 0 Å². The van der Waals surface area contributed by atoms with Gasteiger partial charge in [-0.3, -0.25) is 0 Å². The Morgan fingerprint density at radius 2 is 2.25 bits per heavy atom. The Hall–Kier alpha value is -0.780. The van der Waals surface area contributed by atoms with Gasteiger partial charge in [0.05, 0.1) is 0 Å². The van der Waals surface area contributed by atoms with Crippen molar-refractivity contribution in [1.82, 2.24) is 0 Å². The summed E-state index contributed by atoms with van der Waals surface area (Å²) >= 11 is 0. The van der Waals surface area contributed by atoms with E-state index in [9.17, 15) is 0 Å². The summed E-state index contributed by atoms with van der Waals surface area (Å²) in [5.74, 6) is 1.30. The quantitative estimate of drug-likeness (QED) is 0.515. The normalized spacial score (nSPS) is 32.4. The molecule has 0 radical (unpaired) electrons. The van der Waals surface area contributed by atoms with Gasteiger partial charge in [0.15, 0.2) is 0 Å². The molecule has 66 valence electrons. The topological polar surface area (TPSA) is 0 Å². The van der Waals surface area contributed by atoms with E-state index in [1.54, 1.807) is 0 Å². The lowest BCUT2D eigenvalue weighted by molar-refractivity contribution is 0.591. The van der Waals surface area contributed by atoms with Crippen LogP contribution in [0.4, 0.5) is 0 Å². The fraction of sp³-hybridized carbons (Fsp3) is 0.500. The van der Waals surface area contributed by atoms with E-state index in [1.165, 1.54) is 17.6 Å². The molecule has 0 amide bonds. The Morgan fingerprint density at radius 3 is 2.75 bits per heavy atom. The predicted octanol–water partition coefficient (Wildman–Crippen LogP) is 3.72. The van der Waals surface area contributed by atoms with E-state index in [4.69, 9.17) is 0 Å². The minimum Gasteiger partial charge on any atom is -0.0961 e. The van der Waals surface area contributed by atoms with Crippen molar-refractivity contribution in [2.24, 2.45) is 11.8 Å². The second-order valence-electron chi connectivity index (χ2n) is 3.84. The number of hydrogen-bond acceptors (Lipinski definition) is 0. The largest absolute Gasteiger partial charge is 0.0961 e. The number of allylic oxidation sites excluding steroid dienone is 5. The van der Waals surface area contributed by atoms with Gasteiger partial charge in [-0.05, 0) is 25.2 Å². The van der Waals surface area contributed by atoms with Gasteiger partial charge in [0.1, 0.15) is 0 Å². The van der Waals surface area contributed by atoms with Crippen LogP contribution in [0, 0.1) is 11.8 Å². The lowest BCUT2D eigenvalue weighted by Crippen LogP contribution is -2.10. The summed E-state index contributed by atoms with van der Waals surface area (Å²) < 4.78 is 0. The Balaban J connectivity index is 2.86. The highest BCUT2D eigenvalue weighted by Gasteiger charge is 2.16. The van der Waals surface area contributed by atoms with E-state index >= 15 is 0 Å². The molecule has 0 aliphatic heterocycles. The summed E-state index contributed by atoms with van der Waals surface area (Å²) in [4.78, 5) is 0. The van der Waals surface area contributed by atoms with Gasteiger partial charge < -0.3 is 0 Å². The minimum absolute atomic E-state index is 0.602. The molecule has 1 rings (SSSR count). The molecule has 0 aromatic carbocycles.